The second-order valence-electron chi connectivity index (χ2n) is 4.56. The SMILES string of the molecule is CCNC(CC)CCCSc1nnc2ccccn12. The zero-order valence-corrected chi connectivity index (χ0v) is 12.5. The fourth-order valence-corrected chi connectivity index (χ4v) is 3.04. The molecule has 5 heteroatoms. The Morgan fingerprint density at radius 1 is 1.32 bits per heavy atom. The summed E-state index contributed by atoms with van der Waals surface area (Å²) in [6.07, 6.45) is 5.66. The maximum atomic E-state index is 4.23. The van der Waals surface area contributed by atoms with Gasteiger partial charge in [-0.25, -0.2) is 0 Å². The van der Waals surface area contributed by atoms with Gasteiger partial charge in [0.15, 0.2) is 10.8 Å². The van der Waals surface area contributed by atoms with E-state index in [1.807, 2.05) is 28.8 Å². The number of pyridine rings is 1. The molecule has 0 aliphatic rings. The molecule has 0 aliphatic heterocycles. The predicted molar refractivity (Wildman–Crippen MR) is 80.7 cm³/mol. The Morgan fingerprint density at radius 3 is 3.00 bits per heavy atom. The molecule has 2 aromatic heterocycles. The van der Waals surface area contributed by atoms with Crippen LogP contribution in [-0.2, 0) is 0 Å². The van der Waals surface area contributed by atoms with Crippen LogP contribution in [0.1, 0.15) is 33.1 Å². The van der Waals surface area contributed by atoms with Crippen LogP contribution in [0.3, 0.4) is 0 Å². The standard InChI is InChI=1S/C14H22N4S/c1-3-12(15-4-2)8-7-11-19-14-17-16-13-9-5-6-10-18(13)14/h5-6,9-10,12,15H,3-4,7-8,11H2,1-2H3. The maximum absolute atomic E-state index is 4.23. The van der Waals surface area contributed by atoms with Gasteiger partial charge in [0, 0.05) is 18.0 Å². The lowest BCUT2D eigenvalue weighted by Gasteiger charge is -2.14. The summed E-state index contributed by atoms with van der Waals surface area (Å²) in [5.41, 5.74) is 0.920. The Kier molecular flexibility index (Phi) is 5.66. The van der Waals surface area contributed by atoms with Gasteiger partial charge in [0.25, 0.3) is 0 Å². The molecule has 1 atom stereocenters. The zero-order chi connectivity index (χ0) is 13.5. The summed E-state index contributed by atoms with van der Waals surface area (Å²) in [5, 5.41) is 12.9. The summed E-state index contributed by atoms with van der Waals surface area (Å²) < 4.78 is 2.05. The highest BCUT2D eigenvalue weighted by Crippen LogP contribution is 2.18. The fourth-order valence-electron chi connectivity index (χ4n) is 2.15. The molecule has 0 saturated heterocycles. The minimum Gasteiger partial charge on any atom is -0.314 e. The topological polar surface area (TPSA) is 42.2 Å². The smallest absolute Gasteiger partial charge is 0.195 e. The minimum atomic E-state index is 0.653. The molecule has 0 saturated carbocycles. The van der Waals surface area contributed by atoms with Gasteiger partial charge in [0.1, 0.15) is 0 Å². The van der Waals surface area contributed by atoms with Crippen molar-refractivity contribution in [3.05, 3.63) is 24.4 Å². The van der Waals surface area contributed by atoms with Crippen molar-refractivity contribution in [1.29, 1.82) is 0 Å². The first-order chi connectivity index (χ1) is 9.35. The van der Waals surface area contributed by atoms with Crippen LogP contribution in [0.25, 0.3) is 5.65 Å². The van der Waals surface area contributed by atoms with Crippen molar-refractivity contribution < 1.29 is 0 Å². The fraction of sp³-hybridized carbons (Fsp3) is 0.571. The Bertz CT molecular complexity index is 497. The Labute approximate surface area is 119 Å². The van der Waals surface area contributed by atoms with Crippen molar-refractivity contribution in [2.24, 2.45) is 0 Å². The summed E-state index contributed by atoms with van der Waals surface area (Å²) in [4.78, 5) is 0. The van der Waals surface area contributed by atoms with Crippen LogP contribution in [0.4, 0.5) is 0 Å². The molecule has 0 bridgehead atoms. The van der Waals surface area contributed by atoms with Crippen molar-refractivity contribution in [2.45, 2.75) is 44.3 Å². The van der Waals surface area contributed by atoms with Gasteiger partial charge < -0.3 is 5.32 Å². The first-order valence-corrected chi connectivity index (χ1v) is 7.99. The molecule has 0 fully saturated rings. The first kappa shape index (κ1) is 14.3. The van der Waals surface area contributed by atoms with Gasteiger partial charge in [0.2, 0.25) is 0 Å². The van der Waals surface area contributed by atoms with Crippen LogP contribution >= 0.6 is 11.8 Å². The lowest BCUT2D eigenvalue weighted by atomic mass is 10.1. The Balaban J connectivity index is 1.79. The van der Waals surface area contributed by atoms with Gasteiger partial charge in [-0.15, -0.1) is 10.2 Å². The number of nitrogens with zero attached hydrogens (tertiary/aromatic N) is 3. The number of nitrogens with one attached hydrogen (secondary N) is 1. The van der Waals surface area contributed by atoms with Crippen molar-refractivity contribution in [3.8, 4) is 0 Å². The lowest BCUT2D eigenvalue weighted by molar-refractivity contribution is 0.477. The second-order valence-corrected chi connectivity index (χ2v) is 5.63. The zero-order valence-electron chi connectivity index (χ0n) is 11.7. The third-order valence-corrected chi connectivity index (χ3v) is 4.23. The number of hydrogen-bond acceptors (Lipinski definition) is 4. The third-order valence-electron chi connectivity index (χ3n) is 3.20. The van der Waals surface area contributed by atoms with Crippen LogP contribution in [-0.4, -0.2) is 32.9 Å². The number of thioether (sulfide) groups is 1. The van der Waals surface area contributed by atoms with E-state index in [2.05, 4.69) is 29.4 Å². The normalized spacial score (nSPS) is 12.9. The third kappa shape index (κ3) is 3.94. The van der Waals surface area contributed by atoms with Crippen LogP contribution in [0.15, 0.2) is 29.6 Å². The van der Waals surface area contributed by atoms with E-state index in [0.717, 1.165) is 23.1 Å². The van der Waals surface area contributed by atoms with E-state index in [9.17, 15) is 0 Å². The van der Waals surface area contributed by atoms with Crippen LogP contribution in [0.5, 0.6) is 0 Å². The van der Waals surface area contributed by atoms with E-state index in [-0.39, 0.29) is 0 Å². The van der Waals surface area contributed by atoms with E-state index in [0.29, 0.717) is 6.04 Å². The molecule has 104 valence electrons. The van der Waals surface area contributed by atoms with E-state index >= 15 is 0 Å². The Hall–Kier alpha value is -1.07. The predicted octanol–water partition coefficient (Wildman–Crippen LogP) is 2.99. The largest absolute Gasteiger partial charge is 0.314 e. The summed E-state index contributed by atoms with van der Waals surface area (Å²) in [6, 6.07) is 6.63. The monoisotopic (exact) mass is 278 g/mol. The number of aromatic nitrogens is 3. The highest BCUT2D eigenvalue weighted by molar-refractivity contribution is 7.99. The molecule has 0 spiro atoms. The molecule has 1 N–H and O–H groups in total. The number of rotatable bonds is 8. The Morgan fingerprint density at radius 2 is 2.21 bits per heavy atom. The molecule has 1 unspecified atom stereocenters. The molecule has 2 rings (SSSR count). The second kappa shape index (κ2) is 7.50. The quantitative estimate of drug-likeness (QED) is 0.595. The average molecular weight is 278 g/mol. The van der Waals surface area contributed by atoms with Gasteiger partial charge in [-0.3, -0.25) is 4.40 Å². The molecule has 4 nitrogen and oxygen atoms in total. The highest BCUT2D eigenvalue weighted by atomic mass is 32.2. The molecule has 0 radical (unpaired) electrons. The van der Waals surface area contributed by atoms with Crippen molar-refractivity contribution >= 4 is 17.4 Å². The van der Waals surface area contributed by atoms with Gasteiger partial charge in [-0.1, -0.05) is 31.7 Å². The van der Waals surface area contributed by atoms with Crippen molar-refractivity contribution in [2.75, 3.05) is 12.3 Å². The molecule has 19 heavy (non-hydrogen) atoms. The van der Waals surface area contributed by atoms with E-state index in [1.54, 1.807) is 11.8 Å². The van der Waals surface area contributed by atoms with E-state index in [1.165, 1.54) is 19.3 Å². The number of hydrogen-bond donors (Lipinski definition) is 1. The number of fused-ring (bicyclic) bond motifs is 1. The molecular weight excluding hydrogens is 256 g/mol. The van der Waals surface area contributed by atoms with Crippen LogP contribution in [0.2, 0.25) is 0 Å². The highest BCUT2D eigenvalue weighted by Gasteiger charge is 2.07. The molecule has 0 aromatic carbocycles. The van der Waals surface area contributed by atoms with Crippen molar-refractivity contribution in [1.82, 2.24) is 19.9 Å². The molecule has 0 aliphatic carbocycles. The summed E-state index contributed by atoms with van der Waals surface area (Å²) >= 11 is 1.79. The van der Waals surface area contributed by atoms with Gasteiger partial charge in [-0.05, 0) is 37.9 Å². The molecule has 0 amide bonds. The van der Waals surface area contributed by atoms with E-state index in [4.69, 9.17) is 0 Å². The van der Waals surface area contributed by atoms with Gasteiger partial charge in [-0.2, -0.15) is 0 Å². The molecule has 2 aromatic rings. The summed E-state index contributed by atoms with van der Waals surface area (Å²) in [5.74, 6) is 1.09. The first-order valence-electron chi connectivity index (χ1n) is 7.01. The molecular formula is C14H22N4S. The van der Waals surface area contributed by atoms with Gasteiger partial charge >= 0.3 is 0 Å². The minimum absolute atomic E-state index is 0.653. The maximum Gasteiger partial charge on any atom is 0.195 e. The van der Waals surface area contributed by atoms with Crippen LogP contribution < -0.4 is 5.32 Å². The van der Waals surface area contributed by atoms with Crippen molar-refractivity contribution in [3.63, 3.8) is 0 Å². The molecule has 2 heterocycles. The van der Waals surface area contributed by atoms with Crippen LogP contribution in [0, 0.1) is 0 Å². The summed E-state index contributed by atoms with van der Waals surface area (Å²) in [6.45, 7) is 5.46. The van der Waals surface area contributed by atoms with Gasteiger partial charge in [0.05, 0.1) is 0 Å². The summed E-state index contributed by atoms with van der Waals surface area (Å²) in [7, 11) is 0. The lowest BCUT2D eigenvalue weighted by Crippen LogP contribution is -2.28. The van der Waals surface area contributed by atoms with E-state index < -0.39 is 0 Å². The average Bonchev–Trinajstić information content (AvgIpc) is 2.85.